The number of halogens is 1. The second kappa shape index (κ2) is 8.97. The van der Waals surface area contributed by atoms with Crippen LogP contribution >= 0.6 is 0 Å². The molecule has 3 aromatic rings. The number of rotatable bonds is 3. The fourth-order valence-corrected chi connectivity index (χ4v) is 3.22. The number of carbonyl (C=O) groups excluding carboxylic acids is 1. The van der Waals surface area contributed by atoms with E-state index in [0.29, 0.717) is 17.1 Å². The molecule has 4 rings (SSSR count). The van der Waals surface area contributed by atoms with Gasteiger partial charge in [-0.25, -0.2) is 9.37 Å². The van der Waals surface area contributed by atoms with Crippen LogP contribution in [-0.4, -0.2) is 28.5 Å². The van der Waals surface area contributed by atoms with E-state index in [1.54, 1.807) is 12.3 Å². The number of hydrogen-bond acceptors (Lipinski definition) is 4. The molecule has 0 saturated carbocycles. The number of nitrogens with one attached hydrogen (secondary N) is 1. The molecule has 1 aliphatic rings. The van der Waals surface area contributed by atoms with Gasteiger partial charge >= 0.3 is 0 Å². The predicted molar refractivity (Wildman–Crippen MR) is 110 cm³/mol. The van der Waals surface area contributed by atoms with Gasteiger partial charge in [-0.1, -0.05) is 6.07 Å². The summed E-state index contributed by atoms with van der Waals surface area (Å²) in [6, 6.07) is 6.46. The molecular weight excluding hydrogens is 357 g/mol. The topological polar surface area (TPSA) is 56.1 Å². The minimum atomic E-state index is -0.308. The Balaban J connectivity index is 0.000000320. The van der Waals surface area contributed by atoms with Crippen molar-refractivity contribution in [1.29, 1.82) is 0 Å². The average Bonchev–Trinajstić information content (AvgIpc) is 3.09. The van der Waals surface area contributed by atoms with Crippen LogP contribution in [0.4, 0.5) is 15.9 Å². The Morgan fingerprint density at radius 3 is 2.57 bits per heavy atom. The summed E-state index contributed by atoms with van der Waals surface area (Å²) < 4.78 is 20.4. The molecule has 0 aliphatic carbocycles. The number of hydrogen-bond donors (Lipinski definition) is 1. The molecule has 1 fully saturated rings. The maximum atomic E-state index is 13.4. The highest BCUT2D eigenvalue weighted by Crippen LogP contribution is 2.29. The third-order valence-corrected chi connectivity index (χ3v) is 4.81. The van der Waals surface area contributed by atoms with Gasteiger partial charge in [-0.2, -0.15) is 0 Å². The number of Topliss-reactive ketones (excluding diaryl/α,β-unsaturated/α-hetero) is 1. The van der Waals surface area contributed by atoms with Gasteiger partial charge in [-0.05, 0) is 56.9 Å². The van der Waals surface area contributed by atoms with Crippen molar-refractivity contribution >= 4 is 28.2 Å². The molecule has 28 heavy (non-hydrogen) atoms. The molecule has 0 atom stereocenters. The van der Waals surface area contributed by atoms with E-state index in [9.17, 15) is 9.18 Å². The number of carbonyl (C=O) groups is 1. The van der Waals surface area contributed by atoms with Gasteiger partial charge in [0.05, 0.1) is 11.1 Å². The monoisotopic (exact) mass is 383 g/mol. The summed E-state index contributed by atoms with van der Waals surface area (Å²) in [7, 11) is 1.88. The highest BCUT2D eigenvalue weighted by atomic mass is 19.1. The second-order valence-corrected chi connectivity index (χ2v) is 7.02. The van der Waals surface area contributed by atoms with Gasteiger partial charge in [0.15, 0.2) is 5.78 Å². The Morgan fingerprint density at radius 2 is 1.96 bits per heavy atom. The first-order valence-electron chi connectivity index (χ1n) is 9.53. The van der Waals surface area contributed by atoms with Gasteiger partial charge in [0, 0.05) is 43.7 Å². The van der Waals surface area contributed by atoms with E-state index in [2.05, 4.69) is 10.3 Å². The lowest BCUT2D eigenvalue weighted by Crippen LogP contribution is -2.03. The first-order chi connectivity index (χ1) is 13.5. The Bertz CT molecular complexity index is 966. The van der Waals surface area contributed by atoms with Crippen molar-refractivity contribution in [3.05, 3.63) is 53.6 Å². The molecule has 1 N–H and O–H groups in total. The van der Waals surface area contributed by atoms with Crippen molar-refractivity contribution in [3.8, 4) is 0 Å². The zero-order valence-corrected chi connectivity index (χ0v) is 16.6. The highest BCUT2D eigenvalue weighted by molar-refractivity contribution is 6.08. The van der Waals surface area contributed by atoms with E-state index >= 15 is 0 Å². The lowest BCUT2D eigenvalue weighted by atomic mass is 10.1. The minimum absolute atomic E-state index is 0.0345. The first kappa shape index (κ1) is 20.0. The molecule has 0 spiro atoms. The Kier molecular flexibility index (Phi) is 6.41. The van der Waals surface area contributed by atoms with Crippen LogP contribution in [0.5, 0.6) is 0 Å². The van der Waals surface area contributed by atoms with Gasteiger partial charge in [-0.3, -0.25) is 4.79 Å². The molecule has 1 saturated heterocycles. The van der Waals surface area contributed by atoms with Crippen LogP contribution in [0.2, 0.25) is 0 Å². The maximum absolute atomic E-state index is 13.4. The van der Waals surface area contributed by atoms with E-state index in [1.165, 1.54) is 38.3 Å². The standard InChI is InChI=1S/C17H16FN3O.C5H10O/c1-10-4-5-12(18)8-15(10)20-17-13-6-7-21(3)16(13)14(9-19-17)11(2)22;1-2-4-6-5-3-1/h4-9H,1-3H3,(H,19,20);1-5H2. The summed E-state index contributed by atoms with van der Waals surface area (Å²) in [4.78, 5) is 16.1. The minimum Gasteiger partial charge on any atom is -0.381 e. The molecule has 2 aromatic heterocycles. The normalized spacial score (nSPS) is 13.7. The van der Waals surface area contributed by atoms with Crippen LogP contribution < -0.4 is 5.32 Å². The van der Waals surface area contributed by atoms with Gasteiger partial charge in [0.1, 0.15) is 11.6 Å². The van der Waals surface area contributed by atoms with Crippen LogP contribution in [0, 0.1) is 12.7 Å². The molecule has 148 valence electrons. The third kappa shape index (κ3) is 4.57. The highest BCUT2D eigenvalue weighted by Gasteiger charge is 2.14. The lowest BCUT2D eigenvalue weighted by molar-refractivity contribution is 0.0968. The smallest absolute Gasteiger partial charge is 0.163 e. The molecule has 6 heteroatoms. The van der Waals surface area contributed by atoms with Crippen molar-refractivity contribution < 1.29 is 13.9 Å². The van der Waals surface area contributed by atoms with Gasteiger partial charge in [-0.15, -0.1) is 0 Å². The van der Waals surface area contributed by atoms with Crippen molar-refractivity contribution in [3.63, 3.8) is 0 Å². The van der Waals surface area contributed by atoms with Crippen molar-refractivity contribution in [1.82, 2.24) is 9.55 Å². The van der Waals surface area contributed by atoms with Crippen LogP contribution in [0.1, 0.15) is 42.1 Å². The second-order valence-electron chi connectivity index (χ2n) is 7.02. The molecule has 5 nitrogen and oxygen atoms in total. The molecule has 0 radical (unpaired) electrons. The maximum Gasteiger partial charge on any atom is 0.163 e. The number of anilines is 2. The van der Waals surface area contributed by atoms with Crippen LogP contribution in [0.3, 0.4) is 0 Å². The van der Waals surface area contributed by atoms with Crippen molar-refractivity contribution in [2.45, 2.75) is 33.1 Å². The molecular formula is C22H26FN3O2. The molecule has 1 aliphatic heterocycles. The average molecular weight is 383 g/mol. The molecule has 0 amide bonds. The molecule has 3 heterocycles. The summed E-state index contributed by atoms with van der Waals surface area (Å²) >= 11 is 0. The van der Waals surface area contributed by atoms with Gasteiger partial charge in [0.2, 0.25) is 0 Å². The SMILES string of the molecule is C1CCOCC1.CC(=O)c1cnc(Nc2cc(F)ccc2C)c2ccn(C)c12. The van der Waals surface area contributed by atoms with E-state index in [-0.39, 0.29) is 11.6 Å². The van der Waals surface area contributed by atoms with Gasteiger partial charge in [0.25, 0.3) is 0 Å². The summed E-state index contributed by atoms with van der Waals surface area (Å²) in [5.41, 5.74) is 2.97. The van der Waals surface area contributed by atoms with E-state index in [0.717, 1.165) is 29.7 Å². The predicted octanol–water partition coefficient (Wildman–Crippen LogP) is 5.15. The summed E-state index contributed by atoms with van der Waals surface area (Å²) in [6.45, 7) is 5.42. The number of fused-ring (bicyclic) bond motifs is 1. The van der Waals surface area contributed by atoms with Crippen LogP contribution in [0.15, 0.2) is 36.7 Å². The Hall–Kier alpha value is -2.73. The molecule has 0 unspecified atom stereocenters. The lowest BCUT2D eigenvalue weighted by Gasteiger charge is -2.11. The number of ether oxygens (including phenoxy) is 1. The quantitative estimate of drug-likeness (QED) is 0.635. The number of nitrogens with zero attached hydrogens (tertiary/aromatic N) is 2. The number of pyridine rings is 1. The third-order valence-electron chi connectivity index (χ3n) is 4.81. The number of benzene rings is 1. The van der Waals surface area contributed by atoms with Crippen molar-refractivity contribution in [2.75, 3.05) is 18.5 Å². The van der Waals surface area contributed by atoms with Crippen LogP contribution in [-0.2, 0) is 11.8 Å². The van der Waals surface area contributed by atoms with E-state index in [4.69, 9.17) is 4.74 Å². The number of aromatic nitrogens is 2. The molecule has 1 aromatic carbocycles. The van der Waals surface area contributed by atoms with E-state index in [1.807, 2.05) is 30.8 Å². The zero-order valence-electron chi connectivity index (χ0n) is 16.6. The number of ketones is 1. The summed E-state index contributed by atoms with van der Waals surface area (Å²) in [5, 5.41) is 3.99. The fourth-order valence-electron chi connectivity index (χ4n) is 3.22. The van der Waals surface area contributed by atoms with Gasteiger partial charge < -0.3 is 14.6 Å². The Labute approximate surface area is 164 Å². The van der Waals surface area contributed by atoms with Crippen molar-refractivity contribution in [2.24, 2.45) is 7.05 Å². The first-order valence-corrected chi connectivity index (χ1v) is 9.53. The zero-order chi connectivity index (χ0) is 20.1. The van der Waals surface area contributed by atoms with Crippen LogP contribution in [0.25, 0.3) is 10.9 Å². The number of aryl methyl sites for hydroxylation is 2. The largest absolute Gasteiger partial charge is 0.381 e. The Morgan fingerprint density at radius 1 is 1.21 bits per heavy atom. The fraction of sp³-hybridized carbons (Fsp3) is 0.364. The summed E-state index contributed by atoms with van der Waals surface area (Å²) in [5.74, 6) is 0.264. The van der Waals surface area contributed by atoms with E-state index < -0.39 is 0 Å². The molecule has 0 bridgehead atoms. The summed E-state index contributed by atoms with van der Waals surface area (Å²) in [6.07, 6.45) is 7.37.